The van der Waals surface area contributed by atoms with Gasteiger partial charge in [0.2, 0.25) is 0 Å². The first kappa shape index (κ1) is 14.1. The van der Waals surface area contributed by atoms with Crippen molar-refractivity contribution in [3.05, 3.63) is 28.2 Å². The highest BCUT2D eigenvalue weighted by atomic mass is 35.5. The number of hydrogen-bond donors (Lipinski definition) is 2. The number of nitrogens with one attached hydrogen (secondary N) is 1. The van der Waals surface area contributed by atoms with Crippen LogP contribution in [0.25, 0.3) is 0 Å². The third-order valence-electron chi connectivity index (χ3n) is 2.56. The smallest absolute Gasteiger partial charge is 0.329 e. The highest BCUT2D eigenvalue weighted by molar-refractivity contribution is 6.42. The largest absolute Gasteiger partial charge is 0.480 e. The summed E-state index contributed by atoms with van der Waals surface area (Å²) < 4.78 is 0. The predicted molar refractivity (Wildman–Crippen MR) is 71.0 cm³/mol. The Morgan fingerprint density at radius 2 is 2.06 bits per heavy atom. The van der Waals surface area contributed by atoms with Gasteiger partial charge in [-0.3, -0.25) is 0 Å². The Bertz CT molecular complexity index is 423. The molecule has 3 nitrogen and oxygen atoms in total. The van der Waals surface area contributed by atoms with Crippen molar-refractivity contribution >= 4 is 34.9 Å². The number of rotatable bonds is 5. The zero-order valence-corrected chi connectivity index (χ0v) is 11.3. The van der Waals surface area contributed by atoms with E-state index in [0.717, 1.165) is 6.42 Å². The summed E-state index contributed by atoms with van der Waals surface area (Å²) in [5, 5.41) is 13.1. The molecule has 17 heavy (non-hydrogen) atoms. The van der Waals surface area contributed by atoms with Gasteiger partial charge in [0.25, 0.3) is 0 Å². The number of carboxylic acids is 1. The van der Waals surface area contributed by atoms with Gasteiger partial charge in [-0.15, -0.1) is 0 Å². The second kappa shape index (κ2) is 5.61. The van der Waals surface area contributed by atoms with E-state index in [-0.39, 0.29) is 0 Å². The first-order valence-corrected chi connectivity index (χ1v) is 6.11. The number of carbonyl (C=O) groups is 1. The van der Waals surface area contributed by atoms with Gasteiger partial charge in [-0.2, -0.15) is 0 Å². The average Bonchev–Trinajstić information content (AvgIpc) is 2.23. The first-order chi connectivity index (χ1) is 7.89. The summed E-state index contributed by atoms with van der Waals surface area (Å²) in [5.41, 5.74) is -0.343. The fraction of sp³-hybridized carbons (Fsp3) is 0.417. The van der Waals surface area contributed by atoms with E-state index in [0.29, 0.717) is 22.2 Å². The Hall–Kier alpha value is -0.930. The number of hydrogen-bond acceptors (Lipinski definition) is 2. The molecule has 0 heterocycles. The molecule has 2 N–H and O–H groups in total. The molecule has 0 aliphatic carbocycles. The predicted octanol–water partition coefficient (Wildman–Crippen LogP) is 4.05. The number of aliphatic carboxylic acids is 1. The molecular formula is C12H15Cl2NO2. The summed E-state index contributed by atoms with van der Waals surface area (Å²) in [6.45, 7) is 3.60. The van der Waals surface area contributed by atoms with Gasteiger partial charge in [0.15, 0.2) is 0 Å². The summed E-state index contributed by atoms with van der Waals surface area (Å²) in [5.74, 6) is -0.884. The van der Waals surface area contributed by atoms with Gasteiger partial charge in [0, 0.05) is 5.69 Å². The monoisotopic (exact) mass is 275 g/mol. The minimum Gasteiger partial charge on any atom is -0.480 e. The first-order valence-electron chi connectivity index (χ1n) is 5.35. The maximum absolute atomic E-state index is 11.2. The molecule has 0 amide bonds. The van der Waals surface area contributed by atoms with Crippen LogP contribution in [0.3, 0.4) is 0 Å². The van der Waals surface area contributed by atoms with Gasteiger partial charge in [0.1, 0.15) is 5.54 Å². The molecule has 1 aromatic carbocycles. The van der Waals surface area contributed by atoms with Gasteiger partial charge in [-0.1, -0.05) is 36.5 Å². The molecule has 0 fully saturated rings. The molecule has 5 heteroatoms. The normalized spacial score (nSPS) is 14.1. The van der Waals surface area contributed by atoms with Crippen molar-refractivity contribution in [3.8, 4) is 0 Å². The van der Waals surface area contributed by atoms with Crippen LogP contribution >= 0.6 is 23.2 Å². The number of anilines is 1. The lowest BCUT2D eigenvalue weighted by molar-refractivity contribution is -0.141. The average molecular weight is 276 g/mol. The third kappa shape index (κ3) is 3.51. The molecule has 0 aliphatic heterocycles. The van der Waals surface area contributed by atoms with Crippen molar-refractivity contribution in [1.82, 2.24) is 0 Å². The Kier molecular flexibility index (Phi) is 4.66. The van der Waals surface area contributed by atoms with Crippen LogP contribution in [0.1, 0.15) is 26.7 Å². The van der Waals surface area contributed by atoms with Gasteiger partial charge in [0.05, 0.1) is 10.0 Å². The van der Waals surface area contributed by atoms with E-state index < -0.39 is 11.5 Å². The number of halogens is 2. The number of benzene rings is 1. The van der Waals surface area contributed by atoms with E-state index in [1.807, 2.05) is 6.92 Å². The van der Waals surface area contributed by atoms with E-state index in [1.54, 1.807) is 25.1 Å². The molecule has 1 atom stereocenters. The quantitative estimate of drug-likeness (QED) is 0.853. The molecular weight excluding hydrogens is 261 g/mol. The highest BCUT2D eigenvalue weighted by Gasteiger charge is 2.31. The molecule has 0 saturated carbocycles. The Morgan fingerprint density at radius 1 is 1.41 bits per heavy atom. The number of carboxylic acid groups (broad SMARTS) is 1. The van der Waals surface area contributed by atoms with Crippen LogP contribution in [-0.2, 0) is 4.79 Å². The molecule has 0 aliphatic rings. The van der Waals surface area contributed by atoms with Crippen molar-refractivity contribution in [2.45, 2.75) is 32.2 Å². The summed E-state index contributed by atoms with van der Waals surface area (Å²) in [7, 11) is 0. The maximum Gasteiger partial charge on any atom is 0.329 e. The lowest BCUT2D eigenvalue weighted by atomic mass is 9.96. The van der Waals surface area contributed by atoms with Gasteiger partial charge < -0.3 is 10.4 Å². The maximum atomic E-state index is 11.2. The van der Waals surface area contributed by atoms with Crippen molar-refractivity contribution in [2.75, 3.05) is 5.32 Å². The molecule has 0 bridgehead atoms. The van der Waals surface area contributed by atoms with Gasteiger partial charge >= 0.3 is 5.97 Å². The zero-order chi connectivity index (χ0) is 13.1. The van der Waals surface area contributed by atoms with Crippen LogP contribution in [0.2, 0.25) is 10.0 Å². The van der Waals surface area contributed by atoms with Crippen LogP contribution in [0.5, 0.6) is 0 Å². The van der Waals surface area contributed by atoms with Crippen molar-refractivity contribution in [3.63, 3.8) is 0 Å². The highest BCUT2D eigenvalue weighted by Crippen LogP contribution is 2.28. The lowest BCUT2D eigenvalue weighted by Gasteiger charge is -2.27. The molecule has 1 rings (SSSR count). The SMILES string of the molecule is CCCC(C)(Nc1ccc(Cl)c(Cl)c1)C(=O)O. The summed E-state index contributed by atoms with van der Waals surface area (Å²) in [6, 6.07) is 4.98. The Morgan fingerprint density at radius 3 is 2.53 bits per heavy atom. The zero-order valence-electron chi connectivity index (χ0n) is 9.76. The summed E-state index contributed by atoms with van der Waals surface area (Å²) >= 11 is 11.7. The van der Waals surface area contributed by atoms with Crippen molar-refractivity contribution in [1.29, 1.82) is 0 Å². The van der Waals surface area contributed by atoms with Crippen molar-refractivity contribution in [2.24, 2.45) is 0 Å². The van der Waals surface area contributed by atoms with E-state index in [9.17, 15) is 9.90 Å². The second-order valence-electron chi connectivity index (χ2n) is 4.14. The van der Waals surface area contributed by atoms with Crippen LogP contribution < -0.4 is 5.32 Å². The lowest BCUT2D eigenvalue weighted by Crippen LogP contribution is -2.43. The molecule has 1 aromatic rings. The van der Waals surface area contributed by atoms with Gasteiger partial charge in [-0.25, -0.2) is 4.79 Å². The molecule has 1 unspecified atom stereocenters. The fourth-order valence-corrected chi connectivity index (χ4v) is 1.91. The molecule has 0 aromatic heterocycles. The van der Waals surface area contributed by atoms with Crippen molar-refractivity contribution < 1.29 is 9.90 Å². The summed E-state index contributed by atoms with van der Waals surface area (Å²) in [6.07, 6.45) is 1.31. The van der Waals surface area contributed by atoms with Crippen LogP contribution in [-0.4, -0.2) is 16.6 Å². The van der Waals surface area contributed by atoms with Crippen LogP contribution in [0.15, 0.2) is 18.2 Å². The standard InChI is InChI=1S/C12H15Cl2NO2/c1-3-6-12(2,11(16)17)15-8-4-5-9(13)10(14)7-8/h4-5,7,15H,3,6H2,1-2H3,(H,16,17). The van der Waals surface area contributed by atoms with E-state index in [1.165, 1.54) is 0 Å². The minimum atomic E-state index is -0.994. The van der Waals surface area contributed by atoms with E-state index >= 15 is 0 Å². The topological polar surface area (TPSA) is 49.3 Å². The van der Waals surface area contributed by atoms with Gasteiger partial charge in [-0.05, 0) is 31.5 Å². The third-order valence-corrected chi connectivity index (χ3v) is 3.30. The molecule has 0 spiro atoms. The summed E-state index contributed by atoms with van der Waals surface area (Å²) in [4.78, 5) is 11.2. The molecule has 94 valence electrons. The minimum absolute atomic E-state index is 0.404. The van der Waals surface area contributed by atoms with E-state index in [2.05, 4.69) is 5.32 Å². The van der Waals surface area contributed by atoms with Crippen LogP contribution in [0.4, 0.5) is 5.69 Å². The van der Waals surface area contributed by atoms with E-state index in [4.69, 9.17) is 23.2 Å². The van der Waals surface area contributed by atoms with Crippen LogP contribution in [0, 0.1) is 0 Å². The molecule has 0 radical (unpaired) electrons. The fourth-order valence-electron chi connectivity index (χ4n) is 1.62. The second-order valence-corrected chi connectivity index (χ2v) is 4.96. The Labute approximate surface area is 111 Å². The Balaban J connectivity index is 2.94. The molecule has 0 saturated heterocycles.